The molecule has 4 aromatic rings. The van der Waals surface area contributed by atoms with Crippen molar-refractivity contribution < 1.29 is 13.6 Å². The number of aromatic nitrogens is 1. The molecule has 7 heteroatoms. The number of fused-ring (bicyclic) bond motifs is 1. The molecule has 138 valence electrons. The lowest BCUT2D eigenvalue weighted by Gasteiger charge is -2.13. The van der Waals surface area contributed by atoms with E-state index >= 15 is 0 Å². The van der Waals surface area contributed by atoms with Crippen molar-refractivity contribution in [1.29, 1.82) is 0 Å². The topological polar surface area (TPSA) is 45.6 Å². The molecular weight excluding hydrogens is 380 g/mol. The molecule has 0 aliphatic rings. The average molecular weight is 393 g/mol. The van der Waals surface area contributed by atoms with Gasteiger partial charge >= 0.3 is 0 Å². The van der Waals surface area contributed by atoms with Gasteiger partial charge in [-0.15, -0.1) is 0 Å². The van der Waals surface area contributed by atoms with Crippen LogP contribution in [0.2, 0.25) is 0 Å². The van der Waals surface area contributed by atoms with Crippen LogP contribution in [0.3, 0.4) is 0 Å². The van der Waals surface area contributed by atoms with Crippen molar-refractivity contribution in [2.75, 3.05) is 5.01 Å². The first-order valence-corrected chi connectivity index (χ1v) is 9.17. The summed E-state index contributed by atoms with van der Waals surface area (Å²) in [5.74, 6) is -1.11. The molecule has 28 heavy (non-hydrogen) atoms. The summed E-state index contributed by atoms with van der Waals surface area (Å²) < 4.78 is 27.2. The first kappa shape index (κ1) is 17.9. The van der Waals surface area contributed by atoms with Crippen LogP contribution in [0.25, 0.3) is 10.2 Å². The van der Waals surface area contributed by atoms with Crippen molar-refractivity contribution in [3.63, 3.8) is 0 Å². The Hall–Kier alpha value is -3.45. The van der Waals surface area contributed by atoms with Gasteiger partial charge in [-0.2, -0.15) is 10.1 Å². The van der Waals surface area contributed by atoms with E-state index in [4.69, 9.17) is 0 Å². The van der Waals surface area contributed by atoms with E-state index in [0.29, 0.717) is 26.5 Å². The molecule has 0 atom stereocenters. The summed E-state index contributed by atoms with van der Waals surface area (Å²) in [6, 6.07) is 18.6. The monoisotopic (exact) mass is 393 g/mol. The lowest BCUT2D eigenvalue weighted by molar-refractivity contribution is 0.0988. The number of hydrogen-bond donors (Lipinski definition) is 0. The number of rotatable bonds is 4. The largest absolute Gasteiger partial charge is 0.280 e. The first-order valence-electron chi connectivity index (χ1n) is 8.35. The van der Waals surface area contributed by atoms with E-state index in [9.17, 15) is 13.6 Å². The number of nitrogens with zero attached hydrogens (tertiary/aromatic N) is 3. The van der Waals surface area contributed by atoms with E-state index in [1.165, 1.54) is 35.5 Å². The third-order valence-corrected chi connectivity index (χ3v) is 4.92. The summed E-state index contributed by atoms with van der Waals surface area (Å²) in [5, 5.41) is 5.76. The summed E-state index contributed by atoms with van der Waals surface area (Å²) in [5.41, 5.74) is 1.63. The first-order chi connectivity index (χ1) is 13.6. The third kappa shape index (κ3) is 3.79. The highest BCUT2D eigenvalue weighted by Crippen LogP contribution is 2.30. The predicted molar refractivity (Wildman–Crippen MR) is 107 cm³/mol. The number of halogens is 2. The van der Waals surface area contributed by atoms with E-state index in [2.05, 4.69) is 10.1 Å². The van der Waals surface area contributed by atoms with Gasteiger partial charge in [0.05, 0.1) is 16.4 Å². The van der Waals surface area contributed by atoms with Gasteiger partial charge in [-0.05, 0) is 48.0 Å². The molecule has 0 saturated carbocycles. The maximum atomic E-state index is 13.5. The average Bonchev–Trinajstić information content (AvgIpc) is 3.13. The number of hydrazone groups is 1. The predicted octanol–water partition coefficient (Wildman–Crippen LogP) is 5.26. The Bertz CT molecular complexity index is 1160. The summed E-state index contributed by atoms with van der Waals surface area (Å²) in [6.45, 7) is 0. The number of anilines is 1. The quantitative estimate of drug-likeness (QED) is 0.351. The van der Waals surface area contributed by atoms with Gasteiger partial charge in [0, 0.05) is 5.56 Å². The number of amides is 1. The maximum Gasteiger partial charge on any atom is 0.280 e. The van der Waals surface area contributed by atoms with E-state index in [1.54, 1.807) is 42.5 Å². The fourth-order valence-corrected chi connectivity index (χ4v) is 3.49. The van der Waals surface area contributed by atoms with E-state index in [-0.39, 0.29) is 17.5 Å². The van der Waals surface area contributed by atoms with E-state index < -0.39 is 0 Å². The molecule has 0 aliphatic carbocycles. The van der Waals surface area contributed by atoms with Gasteiger partial charge in [0.15, 0.2) is 0 Å². The van der Waals surface area contributed by atoms with Gasteiger partial charge in [-0.3, -0.25) is 4.79 Å². The minimum absolute atomic E-state index is 0.313. The molecule has 4 nitrogen and oxygen atoms in total. The minimum atomic E-state index is -0.376. The maximum absolute atomic E-state index is 13.5. The Labute approximate surface area is 163 Å². The molecule has 0 saturated heterocycles. The van der Waals surface area contributed by atoms with Crippen LogP contribution in [-0.2, 0) is 0 Å². The Kier molecular flexibility index (Phi) is 4.90. The van der Waals surface area contributed by atoms with Crippen molar-refractivity contribution in [2.45, 2.75) is 0 Å². The zero-order chi connectivity index (χ0) is 19.5. The van der Waals surface area contributed by atoms with Gasteiger partial charge in [0.25, 0.3) is 5.91 Å². The van der Waals surface area contributed by atoms with Crippen LogP contribution < -0.4 is 5.01 Å². The molecule has 0 N–H and O–H groups in total. The van der Waals surface area contributed by atoms with Crippen molar-refractivity contribution in [1.82, 2.24) is 4.98 Å². The molecule has 0 fully saturated rings. The number of carbonyl (C=O) groups excluding carboxylic acids is 1. The standard InChI is InChI=1S/C21H13F2N3OS/c22-16-8-6-14(7-9-16)13-24-26(20(27)15-4-2-1-3-5-15)21-25-18-11-10-17(23)12-19(18)28-21/h1-13H/b24-13+. The molecule has 0 aliphatic heterocycles. The second-order valence-electron chi connectivity index (χ2n) is 5.89. The highest BCUT2D eigenvalue weighted by Gasteiger charge is 2.21. The molecule has 0 unspecified atom stereocenters. The number of carbonyl (C=O) groups is 1. The number of hydrogen-bond acceptors (Lipinski definition) is 4. The lowest BCUT2D eigenvalue weighted by Crippen LogP contribution is -2.25. The van der Waals surface area contributed by atoms with Crippen LogP contribution in [0.1, 0.15) is 15.9 Å². The fraction of sp³-hybridized carbons (Fsp3) is 0. The SMILES string of the molecule is O=C(c1ccccc1)N(/N=C/c1ccc(F)cc1)c1nc2ccc(F)cc2s1. The van der Waals surface area contributed by atoms with Crippen molar-refractivity contribution >= 4 is 38.8 Å². The van der Waals surface area contributed by atoms with Crippen LogP contribution in [0.5, 0.6) is 0 Å². The number of thiazole rings is 1. The van der Waals surface area contributed by atoms with Crippen LogP contribution in [-0.4, -0.2) is 17.1 Å². The van der Waals surface area contributed by atoms with Crippen LogP contribution in [0, 0.1) is 11.6 Å². The molecule has 0 spiro atoms. The van der Waals surface area contributed by atoms with Crippen LogP contribution >= 0.6 is 11.3 Å². The molecule has 1 aromatic heterocycles. The Morgan fingerprint density at radius 1 is 0.964 bits per heavy atom. The molecule has 1 heterocycles. The van der Waals surface area contributed by atoms with Gasteiger partial charge in [-0.1, -0.05) is 41.7 Å². The summed E-state index contributed by atoms with van der Waals surface area (Å²) in [4.78, 5) is 17.4. The summed E-state index contributed by atoms with van der Waals surface area (Å²) >= 11 is 1.16. The van der Waals surface area contributed by atoms with Gasteiger partial charge in [-0.25, -0.2) is 13.8 Å². The normalized spacial score (nSPS) is 11.2. The van der Waals surface area contributed by atoms with E-state index in [0.717, 1.165) is 11.3 Å². The van der Waals surface area contributed by atoms with Gasteiger partial charge < -0.3 is 0 Å². The zero-order valence-corrected chi connectivity index (χ0v) is 15.2. The van der Waals surface area contributed by atoms with E-state index in [1.807, 2.05) is 6.07 Å². The Morgan fingerprint density at radius 3 is 2.43 bits per heavy atom. The molecule has 0 bridgehead atoms. The van der Waals surface area contributed by atoms with Crippen molar-refractivity contribution in [3.05, 3.63) is 95.6 Å². The molecule has 3 aromatic carbocycles. The smallest absolute Gasteiger partial charge is 0.267 e. The molecule has 4 rings (SSSR count). The van der Waals surface area contributed by atoms with Crippen LogP contribution in [0.15, 0.2) is 77.9 Å². The van der Waals surface area contributed by atoms with Crippen molar-refractivity contribution in [2.24, 2.45) is 5.10 Å². The second-order valence-corrected chi connectivity index (χ2v) is 6.90. The highest BCUT2D eigenvalue weighted by atomic mass is 32.1. The Morgan fingerprint density at radius 2 is 1.68 bits per heavy atom. The second kappa shape index (κ2) is 7.66. The summed E-state index contributed by atoms with van der Waals surface area (Å²) in [6.07, 6.45) is 1.45. The van der Waals surface area contributed by atoms with Crippen molar-refractivity contribution in [3.8, 4) is 0 Å². The molecular formula is C21H13F2N3OS. The lowest BCUT2D eigenvalue weighted by atomic mass is 10.2. The zero-order valence-electron chi connectivity index (χ0n) is 14.4. The summed E-state index contributed by atoms with van der Waals surface area (Å²) in [7, 11) is 0. The Balaban J connectivity index is 1.75. The van der Waals surface area contributed by atoms with Gasteiger partial charge in [0.1, 0.15) is 11.6 Å². The molecule has 0 radical (unpaired) electrons. The number of benzene rings is 3. The minimum Gasteiger partial charge on any atom is -0.267 e. The molecule has 1 amide bonds. The third-order valence-electron chi connectivity index (χ3n) is 3.93. The highest BCUT2D eigenvalue weighted by molar-refractivity contribution is 7.22. The van der Waals surface area contributed by atoms with Crippen LogP contribution in [0.4, 0.5) is 13.9 Å². The van der Waals surface area contributed by atoms with Gasteiger partial charge in [0.2, 0.25) is 5.13 Å². The fourth-order valence-electron chi connectivity index (χ4n) is 2.54.